The number of nitrogens with zero attached hydrogens (tertiary/aromatic N) is 1. The van der Waals surface area contributed by atoms with Crippen LogP contribution >= 0.6 is 15.9 Å². The van der Waals surface area contributed by atoms with E-state index in [1.165, 1.54) is 0 Å². The molecule has 0 unspecified atom stereocenters. The average molecular weight is 359 g/mol. The van der Waals surface area contributed by atoms with Crippen molar-refractivity contribution in [2.75, 3.05) is 6.54 Å². The van der Waals surface area contributed by atoms with Gasteiger partial charge in [0.05, 0.1) is 4.90 Å². The number of aromatic amines is 1. The standard InChI is InChI=1S/C12H15BrN4O2S/c13-10-7-9(8-14)1-2-11(10)20(18,19)17-4-3-12-15-5-6-16-12/h1-2,5-7,17H,3-4,8,14H2,(H,15,16). The smallest absolute Gasteiger partial charge is 0.241 e. The van der Waals surface area contributed by atoms with Crippen LogP contribution in [0.1, 0.15) is 11.4 Å². The summed E-state index contributed by atoms with van der Waals surface area (Å²) < 4.78 is 27.4. The van der Waals surface area contributed by atoms with Crippen molar-refractivity contribution >= 4 is 26.0 Å². The Bertz CT molecular complexity index is 671. The van der Waals surface area contributed by atoms with Gasteiger partial charge in [-0.05, 0) is 33.6 Å². The second-order valence-electron chi connectivity index (χ2n) is 4.15. The lowest BCUT2D eigenvalue weighted by atomic mass is 10.2. The molecule has 1 aromatic heterocycles. The summed E-state index contributed by atoms with van der Waals surface area (Å²) in [6.07, 6.45) is 3.84. The summed E-state index contributed by atoms with van der Waals surface area (Å²) in [6.45, 7) is 0.645. The molecule has 0 radical (unpaired) electrons. The van der Waals surface area contributed by atoms with Crippen LogP contribution in [0.5, 0.6) is 0 Å². The van der Waals surface area contributed by atoms with Gasteiger partial charge in [-0.3, -0.25) is 0 Å². The number of sulfonamides is 1. The van der Waals surface area contributed by atoms with Crippen LogP contribution in [0.3, 0.4) is 0 Å². The third kappa shape index (κ3) is 3.66. The SMILES string of the molecule is NCc1ccc(S(=O)(=O)NCCc2ncc[nH]2)c(Br)c1. The van der Waals surface area contributed by atoms with E-state index in [-0.39, 0.29) is 11.4 Å². The highest BCUT2D eigenvalue weighted by Gasteiger charge is 2.17. The van der Waals surface area contributed by atoms with Gasteiger partial charge in [0.1, 0.15) is 5.82 Å². The largest absolute Gasteiger partial charge is 0.349 e. The van der Waals surface area contributed by atoms with Gasteiger partial charge in [-0.2, -0.15) is 0 Å². The summed E-state index contributed by atoms with van der Waals surface area (Å²) in [4.78, 5) is 7.16. The van der Waals surface area contributed by atoms with Crippen LogP contribution in [-0.2, 0) is 23.0 Å². The molecule has 0 aliphatic rings. The Morgan fingerprint density at radius 3 is 2.80 bits per heavy atom. The van der Waals surface area contributed by atoms with Crippen LogP contribution in [0.4, 0.5) is 0 Å². The van der Waals surface area contributed by atoms with Gasteiger partial charge in [0, 0.05) is 36.4 Å². The Labute approximate surface area is 126 Å². The van der Waals surface area contributed by atoms with E-state index in [2.05, 4.69) is 30.6 Å². The molecule has 0 amide bonds. The monoisotopic (exact) mass is 358 g/mol. The fraction of sp³-hybridized carbons (Fsp3) is 0.250. The van der Waals surface area contributed by atoms with Crippen LogP contribution in [0.15, 0.2) is 40.0 Å². The quantitative estimate of drug-likeness (QED) is 0.720. The van der Waals surface area contributed by atoms with Gasteiger partial charge >= 0.3 is 0 Å². The number of benzene rings is 1. The van der Waals surface area contributed by atoms with Crippen molar-refractivity contribution in [1.82, 2.24) is 14.7 Å². The molecule has 2 aromatic rings. The fourth-order valence-electron chi connectivity index (χ4n) is 1.71. The van der Waals surface area contributed by atoms with E-state index >= 15 is 0 Å². The number of rotatable bonds is 6. The Hall–Kier alpha value is -1.22. The van der Waals surface area contributed by atoms with Crippen molar-refractivity contribution in [2.45, 2.75) is 17.9 Å². The summed E-state index contributed by atoms with van der Waals surface area (Å²) in [5, 5.41) is 0. The van der Waals surface area contributed by atoms with Gasteiger partial charge in [0.2, 0.25) is 10.0 Å². The van der Waals surface area contributed by atoms with Gasteiger partial charge in [0.25, 0.3) is 0 Å². The molecule has 0 saturated carbocycles. The zero-order valence-corrected chi connectivity index (χ0v) is 13.0. The highest BCUT2D eigenvalue weighted by atomic mass is 79.9. The Balaban J connectivity index is 2.06. The van der Waals surface area contributed by atoms with Crippen molar-refractivity contribution < 1.29 is 8.42 Å². The molecule has 8 heteroatoms. The lowest BCUT2D eigenvalue weighted by molar-refractivity contribution is 0.580. The number of nitrogens with two attached hydrogens (primary N) is 1. The Kier molecular flexibility index (Phi) is 4.92. The first-order valence-electron chi connectivity index (χ1n) is 5.99. The molecular formula is C12H15BrN4O2S. The number of nitrogens with one attached hydrogen (secondary N) is 2. The van der Waals surface area contributed by atoms with E-state index in [0.29, 0.717) is 17.4 Å². The van der Waals surface area contributed by atoms with E-state index in [1.54, 1.807) is 30.6 Å². The zero-order valence-electron chi connectivity index (χ0n) is 10.6. The van der Waals surface area contributed by atoms with E-state index < -0.39 is 10.0 Å². The third-order valence-corrected chi connectivity index (χ3v) is 5.17. The molecule has 6 nitrogen and oxygen atoms in total. The van der Waals surface area contributed by atoms with E-state index in [0.717, 1.165) is 11.4 Å². The van der Waals surface area contributed by atoms with Gasteiger partial charge < -0.3 is 10.7 Å². The van der Waals surface area contributed by atoms with Crippen LogP contribution in [0.25, 0.3) is 0 Å². The lowest BCUT2D eigenvalue weighted by Gasteiger charge is -2.09. The highest BCUT2D eigenvalue weighted by Crippen LogP contribution is 2.22. The van der Waals surface area contributed by atoms with Gasteiger partial charge in [-0.25, -0.2) is 18.1 Å². The van der Waals surface area contributed by atoms with Crippen molar-refractivity contribution in [2.24, 2.45) is 5.73 Å². The van der Waals surface area contributed by atoms with Crippen molar-refractivity contribution in [3.8, 4) is 0 Å². The van der Waals surface area contributed by atoms with Crippen LogP contribution in [0, 0.1) is 0 Å². The van der Waals surface area contributed by atoms with Gasteiger partial charge in [-0.15, -0.1) is 0 Å². The maximum absolute atomic E-state index is 12.2. The molecule has 4 N–H and O–H groups in total. The number of aromatic nitrogens is 2. The number of halogens is 1. The van der Waals surface area contributed by atoms with Gasteiger partial charge in [0.15, 0.2) is 0 Å². The van der Waals surface area contributed by atoms with Gasteiger partial charge in [-0.1, -0.05) is 6.07 Å². The molecule has 0 fully saturated rings. The third-order valence-electron chi connectivity index (χ3n) is 2.73. The molecular weight excluding hydrogens is 344 g/mol. The molecule has 108 valence electrons. The first kappa shape index (κ1) is 15.2. The topological polar surface area (TPSA) is 101 Å². The molecule has 1 aromatic carbocycles. The fourth-order valence-corrected chi connectivity index (χ4v) is 3.86. The molecule has 0 aliphatic heterocycles. The first-order valence-corrected chi connectivity index (χ1v) is 8.27. The molecule has 2 rings (SSSR count). The first-order chi connectivity index (χ1) is 9.53. The molecule has 0 atom stereocenters. The zero-order chi connectivity index (χ0) is 14.6. The lowest BCUT2D eigenvalue weighted by Crippen LogP contribution is -2.26. The van der Waals surface area contributed by atoms with Crippen LogP contribution in [-0.4, -0.2) is 24.9 Å². The van der Waals surface area contributed by atoms with E-state index in [9.17, 15) is 8.42 Å². The minimum Gasteiger partial charge on any atom is -0.349 e. The molecule has 20 heavy (non-hydrogen) atoms. The number of H-pyrrole nitrogens is 1. The summed E-state index contributed by atoms with van der Waals surface area (Å²) in [6, 6.07) is 4.95. The average Bonchev–Trinajstić information content (AvgIpc) is 2.91. The second-order valence-corrected chi connectivity index (χ2v) is 6.74. The summed E-state index contributed by atoms with van der Waals surface area (Å²) in [5.41, 5.74) is 6.38. The second kappa shape index (κ2) is 6.49. The Morgan fingerprint density at radius 1 is 1.40 bits per heavy atom. The number of imidazole rings is 1. The summed E-state index contributed by atoms with van der Waals surface area (Å²) >= 11 is 3.26. The maximum Gasteiger partial charge on any atom is 0.241 e. The summed E-state index contributed by atoms with van der Waals surface area (Å²) in [5.74, 6) is 0.741. The Morgan fingerprint density at radius 2 is 2.20 bits per heavy atom. The predicted octanol–water partition coefficient (Wildman–Crippen LogP) is 1.15. The summed E-state index contributed by atoms with van der Waals surface area (Å²) in [7, 11) is -3.55. The minimum absolute atomic E-state index is 0.203. The van der Waals surface area contributed by atoms with E-state index in [1.807, 2.05) is 0 Å². The van der Waals surface area contributed by atoms with Crippen molar-refractivity contribution in [1.29, 1.82) is 0 Å². The van der Waals surface area contributed by atoms with E-state index in [4.69, 9.17) is 5.73 Å². The normalized spacial score (nSPS) is 11.7. The highest BCUT2D eigenvalue weighted by molar-refractivity contribution is 9.10. The molecule has 0 aliphatic carbocycles. The molecule has 0 spiro atoms. The van der Waals surface area contributed by atoms with Crippen molar-refractivity contribution in [3.05, 3.63) is 46.5 Å². The van der Waals surface area contributed by atoms with Crippen LogP contribution < -0.4 is 10.5 Å². The molecule has 0 saturated heterocycles. The maximum atomic E-state index is 12.2. The molecule has 1 heterocycles. The predicted molar refractivity (Wildman–Crippen MR) is 79.5 cm³/mol. The van der Waals surface area contributed by atoms with Crippen LogP contribution in [0.2, 0.25) is 0 Å². The number of hydrogen-bond acceptors (Lipinski definition) is 4. The minimum atomic E-state index is -3.55. The molecule has 0 bridgehead atoms. The number of hydrogen-bond donors (Lipinski definition) is 3. The van der Waals surface area contributed by atoms with Crippen molar-refractivity contribution in [3.63, 3.8) is 0 Å².